The Balaban J connectivity index is 2.77. The molecule has 0 unspecified atom stereocenters. The number of rotatable bonds is 6. The Hall–Kier alpha value is -1.16. The van der Waals surface area contributed by atoms with E-state index in [9.17, 15) is 13.2 Å². The fourth-order valence-corrected chi connectivity index (χ4v) is 3.03. The van der Waals surface area contributed by atoms with Crippen LogP contribution < -0.4 is 0 Å². The van der Waals surface area contributed by atoms with Crippen LogP contribution in [0.4, 0.5) is 0 Å². The number of carbonyl (C=O) groups excluding carboxylic acids is 1. The van der Waals surface area contributed by atoms with Gasteiger partial charge in [0, 0.05) is 5.56 Å². The first-order valence-corrected chi connectivity index (χ1v) is 7.57. The number of benzene rings is 1. The molecule has 0 aliphatic rings. The Kier molecular flexibility index (Phi) is 4.87. The molecule has 0 heterocycles. The number of carbonyl (C=O) groups is 1. The Morgan fingerprint density at radius 3 is 2.47 bits per heavy atom. The molecular formula is C13H18O3S. The van der Waals surface area contributed by atoms with Gasteiger partial charge in [0.2, 0.25) is 0 Å². The van der Waals surface area contributed by atoms with E-state index in [4.69, 9.17) is 0 Å². The molecule has 0 aliphatic heterocycles. The molecule has 0 aromatic heterocycles. The second-order valence-electron chi connectivity index (χ2n) is 4.18. The maximum absolute atomic E-state index is 11.9. The minimum absolute atomic E-state index is 0.0983. The van der Waals surface area contributed by atoms with Gasteiger partial charge >= 0.3 is 0 Å². The van der Waals surface area contributed by atoms with Crippen molar-refractivity contribution in [1.29, 1.82) is 0 Å². The van der Waals surface area contributed by atoms with Crippen molar-refractivity contribution in [3.8, 4) is 0 Å². The average molecular weight is 254 g/mol. The number of hydrogen-bond donors (Lipinski definition) is 0. The largest absolute Gasteiger partial charge is 0.293 e. The van der Waals surface area contributed by atoms with E-state index in [1.54, 1.807) is 12.1 Å². The lowest BCUT2D eigenvalue weighted by atomic mass is 10.1. The van der Waals surface area contributed by atoms with Gasteiger partial charge in [0.25, 0.3) is 0 Å². The number of sulfone groups is 1. The molecule has 17 heavy (non-hydrogen) atoms. The van der Waals surface area contributed by atoms with Crippen LogP contribution in [0.25, 0.3) is 0 Å². The van der Waals surface area contributed by atoms with Crippen molar-refractivity contribution < 1.29 is 13.2 Å². The van der Waals surface area contributed by atoms with Crippen LogP contribution in [0.3, 0.4) is 0 Å². The second kappa shape index (κ2) is 5.96. The van der Waals surface area contributed by atoms with Crippen LogP contribution in [0, 0.1) is 6.92 Å². The molecule has 3 nitrogen and oxygen atoms in total. The van der Waals surface area contributed by atoms with Crippen LogP contribution in [0.1, 0.15) is 35.7 Å². The van der Waals surface area contributed by atoms with Crippen LogP contribution in [0.5, 0.6) is 0 Å². The number of ketones is 1. The zero-order chi connectivity index (χ0) is 12.9. The number of aryl methyl sites for hydroxylation is 1. The normalized spacial score (nSPS) is 11.4. The molecule has 0 saturated heterocycles. The summed E-state index contributed by atoms with van der Waals surface area (Å²) in [6, 6.07) is 7.06. The van der Waals surface area contributed by atoms with E-state index in [0.717, 1.165) is 12.0 Å². The highest BCUT2D eigenvalue weighted by atomic mass is 32.2. The third-order valence-corrected chi connectivity index (χ3v) is 4.22. The van der Waals surface area contributed by atoms with Gasteiger partial charge in [-0.3, -0.25) is 4.79 Å². The first-order chi connectivity index (χ1) is 7.96. The van der Waals surface area contributed by atoms with Gasteiger partial charge in [0.1, 0.15) is 5.75 Å². The van der Waals surface area contributed by atoms with Crippen molar-refractivity contribution in [3.63, 3.8) is 0 Å². The first kappa shape index (κ1) is 13.9. The molecule has 0 spiro atoms. The Morgan fingerprint density at radius 1 is 1.24 bits per heavy atom. The first-order valence-electron chi connectivity index (χ1n) is 5.75. The predicted octanol–water partition coefficient (Wildman–Crippen LogP) is 2.39. The van der Waals surface area contributed by atoms with Crippen LogP contribution in [-0.2, 0) is 9.84 Å². The van der Waals surface area contributed by atoms with E-state index in [1.807, 2.05) is 26.0 Å². The van der Waals surface area contributed by atoms with Gasteiger partial charge in [0.05, 0.1) is 5.75 Å². The maximum atomic E-state index is 11.9. The Morgan fingerprint density at radius 2 is 1.88 bits per heavy atom. The van der Waals surface area contributed by atoms with Crippen molar-refractivity contribution in [2.24, 2.45) is 0 Å². The lowest BCUT2D eigenvalue weighted by Crippen LogP contribution is -2.19. The number of unbranched alkanes of at least 4 members (excludes halogenated alkanes) is 1. The molecule has 0 saturated carbocycles. The summed E-state index contributed by atoms with van der Waals surface area (Å²) in [7, 11) is -3.26. The van der Waals surface area contributed by atoms with Gasteiger partial charge in [0.15, 0.2) is 15.6 Å². The van der Waals surface area contributed by atoms with Crippen molar-refractivity contribution in [2.45, 2.75) is 26.7 Å². The topological polar surface area (TPSA) is 51.2 Å². The van der Waals surface area contributed by atoms with Crippen molar-refractivity contribution >= 4 is 15.6 Å². The third kappa shape index (κ3) is 4.30. The van der Waals surface area contributed by atoms with Gasteiger partial charge in [-0.05, 0) is 18.9 Å². The quantitative estimate of drug-likeness (QED) is 0.732. The minimum Gasteiger partial charge on any atom is -0.293 e. The smallest absolute Gasteiger partial charge is 0.178 e. The molecule has 0 amide bonds. The lowest BCUT2D eigenvalue weighted by Gasteiger charge is -2.05. The van der Waals surface area contributed by atoms with Gasteiger partial charge in [-0.15, -0.1) is 0 Å². The highest BCUT2D eigenvalue weighted by Crippen LogP contribution is 2.10. The van der Waals surface area contributed by atoms with Gasteiger partial charge in [-0.25, -0.2) is 8.42 Å². The van der Waals surface area contributed by atoms with Crippen molar-refractivity contribution in [3.05, 3.63) is 35.4 Å². The minimum atomic E-state index is -3.26. The van der Waals surface area contributed by atoms with Crippen LogP contribution in [0.15, 0.2) is 24.3 Å². The lowest BCUT2D eigenvalue weighted by molar-refractivity contribution is 0.102. The molecule has 0 aliphatic carbocycles. The Labute approximate surface area is 103 Å². The number of hydrogen-bond acceptors (Lipinski definition) is 3. The summed E-state index contributed by atoms with van der Waals surface area (Å²) in [6.45, 7) is 3.74. The molecule has 4 heteroatoms. The van der Waals surface area contributed by atoms with Gasteiger partial charge in [-0.2, -0.15) is 0 Å². The molecule has 1 aromatic carbocycles. The molecule has 0 fully saturated rings. The summed E-state index contributed by atoms with van der Waals surface area (Å²) in [5.74, 6) is -0.585. The van der Waals surface area contributed by atoms with Crippen molar-refractivity contribution in [2.75, 3.05) is 11.5 Å². The van der Waals surface area contributed by atoms with Gasteiger partial charge in [-0.1, -0.05) is 37.6 Å². The van der Waals surface area contributed by atoms with Gasteiger partial charge < -0.3 is 0 Å². The summed E-state index contributed by atoms with van der Waals surface area (Å²) in [5.41, 5.74) is 1.33. The summed E-state index contributed by atoms with van der Waals surface area (Å²) < 4.78 is 23.3. The monoisotopic (exact) mass is 254 g/mol. The molecule has 94 valence electrons. The summed E-state index contributed by atoms with van der Waals surface area (Å²) in [6.07, 6.45) is 1.43. The molecule has 0 N–H and O–H groups in total. The highest BCUT2D eigenvalue weighted by molar-refractivity contribution is 7.92. The third-order valence-electron chi connectivity index (χ3n) is 2.61. The maximum Gasteiger partial charge on any atom is 0.178 e. The zero-order valence-corrected chi connectivity index (χ0v) is 11.1. The van der Waals surface area contributed by atoms with E-state index in [1.165, 1.54) is 0 Å². The average Bonchev–Trinajstić information content (AvgIpc) is 2.26. The van der Waals surface area contributed by atoms with E-state index in [-0.39, 0.29) is 17.3 Å². The molecule has 1 rings (SSSR count). The number of Topliss-reactive ketones (excluding diaryl/α,β-unsaturated/α-hetero) is 1. The molecule has 0 radical (unpaired) electrons. The fourth-order valence-electron chi connectivity index (χ4n) is 1.60. The van der Waals surface area contributed by atoms with Crippen molar-refractivity contribution in [1.82, 2.24) is 0 Å². The van der Waals surface area contributed by atoms with Crippen LogP contribution in [-0.4, -0.2) is 25.7 Å². The summed E-state index contributed by atoms with van der Waals surface area (Å²) in [4.78, 5) is 11.9. The molecule has 0 atom stereocenters. The zero-order valence-electron chi connectivity index (χ0n) is 10.3. The van der Waals surface area contributed by atoms with Crippen LogP contribution >= 0.6 is 0 Å². The predicted molar refractivity (Wildman–Crippen MR) is 69.1 cm³/mol. The fraction of sp³-hybridized carbons (Fsp3) is 0.462. The Bertz CT molecular complexity index is 489. The molecule has 0 bridgehead atoms. The second-order valence-corrected chi connectivity index (χ2v) is 6.37. The van der Waals surface area contributed by atoms with E-state index in [0.29, 0.717) is 12.0 Å². The molecular weight excluding hydrogens is 236 g/mol. The van der Waals surface area contributed by atoms with E-state index < -0.39 is 9.84 Å². The standard InChI is InChI=1S/C13H18O3S/c1-3-4-9-17(15,16)10-13(14)12-8-6-5-7-11(12)2/h5-8H,3-4,9-10H2,1-2H3. The van der Waals surface area contributed by atoms with E-state index in [2.05, 4.69) is 0 Å². The summed E-state index contributed by atoms with van der Waals surface area (Å²) >= 11 is 0. The highest BCUT2D eigenvalue weighted by Gasteiger charge is 2.18. The SMILES string of the molecule is CCCCS(=O)(=O)CC(=O)c1ccccc1C. The summed E-state index contributed by atoms with van der Waals surface area (Å²) in [5, 5.41) is 0. The van der Waals surface area contributed by atoms with E-state index >= 15 is 0 Å². The molecule has 1 aromatic rings. The van der Waals surface area contributed by atoms with Crippen LogP contribution in [0.2, 0.25) is 0 Å².